The van der Waals surface area contributed by atoms with Crippen molar-refractivity contribution in [2.75, 3.05) is 12.4 Å². The molecule has 132 valence electrons. The van der Waals surface area contributed by atoms with Crippen LogP contribution >= 0.6 is 0 Å². The van der Waals surface area contributed by atoms with E-state index in [1.54, 1.807) is 18.2 Å². The zero-order chi connectivity index (χ0) is 18.4. The van der Waals surface area contributed by atoms with Crippen molar-refractivity contribution in [2.45, 2.75) is 6.54 Å². The summed E-state index contributed by atoms with van der Waals surface area (Å²) in [6.45, 7) is 0.340. The second-order valence-corrected chi connectivity index (χ2v) is 5.53. The van der Waals surface area contributed by atoms with Gasteiger partial charge in [0.1, 0.15) is 0 Å². The number of rotatable bonds is 5. The van der Waals surface area contributed by atoms with E-state index < -0.39 is 6.09 Å². The molecule has 0 radical (unpaired) electrons. The van der Waals surface area contributed by atoms with Gasteiger partial charge in [0, 0.05) is 17.8 Å². The fraction of sp³-hybridized carbons (Fsp3) is 0.100. The SMILES string of the molecule is COC(=O)Nc1ccc(CNC(=O)c2occc2-c2ccccc2)cc1. The van der Waals surface area contributed by atoms with Crippen molar-refractivity contribution in [1.82, 2.24) is 5.32 Å². The van der Waals surface area contributed by atoms with Crippen LogP contribution in [-0.4, -0.2) is 19.1 Å². The van der Waals surface area contributed by atoms with Gasteiger partial charge in [-0.05, 0) is 29.3 Å². The monoisotopic (exact) mass is 350 g/mol. The lowest BCUT2D eigenvalue weighted by atomic mass is 10.1. The molecule has 3 aromatic rings. The van der Waals surface area contributed by atoms with Crippen molar-refractivity contribution in [2.24, 2.45) is 0 Å². The Morgan fingerprint density at radius 3 is 2.42 bits per heavy atom. The zero-order valence-corrected chi connectivity index (χ0v) is 14.2. The van der Waals surface area contributed by atoms with Gasteiger partial charge in [-0.15, -0.1) is 0 Å². The van der Waals surface area contributed by atoms with Crippen molar-refractivity contribution in [1.29, 1.82) is 0 Å². The predicted molar refractivity (Wildman–Crippen MR) is 97.8 cm³/mol. The van der Waals surface area contributed by atoms with Crippen LogP contribution in [0.25, 0.3) is 11.1 Å². The molecule has 0 aliphatic rings. The third-order valence-corrected chi connectivity index (χ3v) is 3.80. The van der Waals surface area contributed by atoms with Gasteiger partial charge in [-0.2, -0.15) is 0 Å². The van der Waals surface area contributed by atoms with Gasteiger partial charge in [-0.3, -0.25) is 10.1 Å². The molecule has 6 nitrogen and oxygen atoms in total. The Hall–Kier alpha value is -3.54. The van der Waals surface area contributed by atoms with E-state index in [1.165, 1.54) is 13.4 Å². The molecule has 2 aromatic carbocycles. The van der Waals surface area contributed by atoms with E-state index in [-0.39, 0.29) is 11.7 Å². The van der Waals surface area contributed by atoms with Gasteiger partial charge in [0.25, 0.3) is 5.91 Å². The molecule has 0 unspecified atom stereocenters. The summed E-state index contributed by atoms with van der Waals surface area (Å²) < 4.78 is 9.91. The Balaban J connectivity index is 1.63. The quantitative estimate of drug-likeness (QED) is 0.727. The van der Waals surface area contributed by atoms with Crippen LogP contribution < -0.4 is 10.6 Å². The molecule has 3 rings (SSSR count). The molecular formula is C20H18N2O4. The number of benzene rings is 2. The Bertz CT molecular complexity index is 886. The molecule has 0 spiro atoms. The first-order chi connectivity index (χ1) is 12.7. The molecule has 2 amide bonds. The number of methoxy groups -OCH3 is 1. The van der Waals surface area contributed by atoms with Gasteiger partial charge in [-0.1, -0.05) is 42.5 Å². The van der Waals surface area contributed by atoms with Gasteiger partial charge in [0.2, 0.25) is 0 Å². The van der Waals surface area contributed by atoms with Gasteiger partial charge in [0.15, 0.2) is 5.76 Å². The van der Waals surface area contributed by atoms with E-state index in [0.717, 1.165) is 16.7 Å². The number of carbonyl (C=O) groups is 2. The molecule has 2 N–H and O–H groups in total. The van der Waals surface area contributed by atoms with E-state index in [1.807, 2.05) is 42.5 Å². The lowest BCUT2D eigenvalue weighted by Gasteiger charge is -2.07. The summed E-state index contributed by atoms with van der Waals surface area (Å²) in [7, 11) is 1.30. The van der Waals surface area contributed by atoms with Crippen LogP contribution in [0.5, 0.6) is 0 Å². The number of hydrogen-bond donors (Lipinski definition) is 2. The third kappa shape index (κ3) is 4.10. The predicted octanol–water partition coefficient (Wildman–Crippen LogP) is 4.05. The average molecular weight is 350 g/mol. The first-order valence-electron chi connectivity index (χ1n) is 8.02. The highest BCUT2D eigenvalue weighted by atomic mass is 16.5. The third-order valence-electron chi connectivity index (χ3n) is 3.80. The number of nitrogens with one attached hydrogen (secondary N) is 2. The summed E-state index contributed by atoms with van der Waals surface area (Å²) in [5.74, 6) is -0.00852. The maximum Gasteiger partial charge on any atom is 0.411 e. The van der Waals surface area contributed by atoms with Crippen LogP contribution in [0.2, 0.25) is 0 Å². The van der Waals surface area contributed by atoms with Gasteiger partial charge >= 0.3 is 6.09 Å². The van der Waals surface area contributed by atoms with Crippen LogP contribution in [0, 0.1) is 0 Å². The minimum atomic E-state index is -0.530. The lowest BCUT2D eigenvalue weighted by Crippen LogP contribution is -2.22. The van der Waals surface area contributed by atoms with Crippen LogP contribution in [0.15, 0.2) is 71.3 Å². The molecule has 26 heavy (non-hydrogen) atoms. The molecule has 0 aliphatic carbocycles. The molecule has 0 saturated heterocycles. The van der Waals surface area contributed by atoms with E-state index in [0.29, 0.717) is 12.2 Å². The fourth-order valence-electron chi connectivity index (χ4n) is 2.47. The van der Waals surface area contributed by atoms with Crippen LogP contribution in [0.3, 0.4) is 0 Å². The van der Waals surface area contributed by atoms with Gasteiger partial charge < -0.3 is 14.5 Å². The van der Waals surface area contributed by atoms with Crippen molar-refractivity contribution >= 4 is 17.7 Å². The Morgan fingerprint density at radius 2 is 1.73 bits per heavy atom. The number of furan rings is 1. The molecule has 0 aliphatic heterocycles. The largest absolute Gasteiger partial charge is 0.459 e. The van der Waals surface area contributed by atoms with Crippen molar-refractivity contribution < 1.29 is 18.7 Å². The van der Waals surface area contributed by atoms with Gasteiger partial charge in [0.05, 0.1) is 13.4 Å². The van der Waals surface area contributed by atoms with Crippen molar-refractivity contribution in [3.63, 3.8) is 0 Å². The van der Waals surface area contributed by atoms with E-state index in [4.69, 9.17) is 4.42 Å². The van der Waals surface area contributed by atoms with E-state index >= 15 is 0 Å². The number of amides is 2. The second-order valence-electron chi connectivity index (χ2n) is 5.53. The summed E-state index contributed by atoms with van der Waals surface area (Å²) in [6.07, 6.45) is 0.974. The second kappa shape index (κ2) is 8.02. The summed E-state index contributed by atoms with van der Waals surface area (Å²) in [5, 5.41) is 5.41. The minimum Gasteiger partial charge on any atom is -0.459 e. The number of hydrogen-bond acceptors (Lipinski definition) is 4. The zero-order valence-electron chi connectivity index (χ0n) is 14.2. The number of ether oxygens (including phenoxy) is 1. The van der Waals surface area contributed by atoms with E-state index in [9.17, 15) is 9.59 Å². The van der Waals surface area contributed by atoms with Crippen molar-refractivity contribution in [3.8, 4) is 11.1 Å². The van der Waals surface area contributed by atoms with Gasteiger partial charge in [-0.25, -0.2) is 4.79 Å². The van der Waals surface area contributed by atoms with Crippen molar-refractivity contribution in [3.05, 3.63) is 78.3 Å². The maximum atomic E-state index is 12.4. The lowest BCUT2D eigenvalue weighted by molar-refractivity contribution is 0.0924. The molecule has 0 fully saturated rings. The summed E-state index contributed by atoms with van der Waals surface area (Å²) >= 11 is 0. The molecule has 1 heterocycles. The Morgan fingerprint density at radius 1 is 1.00 bits per heavy atom. The first kappa shape index (κ1) is 17.3. The fourth-order valence-corrected chi connectivity index (χ4v) is 2.47. The molecule has 0 bridgehead atoms. The smallest absolute Gasteiger partial charge is 0.411 e. The summed E-state index contributed by atoms with van der Waals surface area (Å²) in [5.41, 5.74) is 3.18. The normalized spacial score (nSPS) is 10.2. The molecule has 6 heteroatoms. The van der Waals surface area contributed by atoms with Crippen LogP contribution in [0.1, 0.15) is 16.1 Å². The highest BCUT2D eigenvalue weighted by Crippen LogP contribution is 2.24. The Labute approximate surface area is 150 Å². The molecule has 1 aromatic heterocycles. The van der Waals surface area contributed by atoms with Crippen LogP contribution in [0.4, 0.5) is 10.5 Å². The minimum absolute atomic E-state index is 0.278. The molecule has 0 saturated carbocycles. The number of anilines is 1. The maximum absolute atomic E-state index is 12.4. The Kier molecular flexibility index (Phi) is 5.34. The molecular weight excluding hydrogens is 332 g/mol. The standard InChI is InChI=1S/C20H18N2O4/c1-25-20(24)22-16-9-7-14(8-10-16)13-21-19(23)18-17(11-12-26-18)15-5-3-2-4-6-15/h2-12H,13H2,1H3,(H,21,23)(H,22,24). The highest BCUT2D eigenvalue weighted by Gasteiger charge is 2.16. The topological polar surface area (TPSA) is 80.6 Å². The summed E-state index contributed by atoms with van der Waals surface area (Å²) in [4.78, 5) is 23.6. The van der Waals surface area contributed by atoms with Crippen LogP contribution in [-0.2, 0) is 11.3 Å². The number of carbonyl (C=O) groups excluding carboxylic acids is 2. The average Bonchev–Trinajstić information content (AvgIpc) is 3.18. The van der Waals surface area contributed by atoms with E-state index in [2.05, 4.69) is 15.4 Å². The first-order valence-corrected chi connectivity index (χ1v) is 8.02. The molecule has 0 atom stereocenters. The summed E-state index contributed by atoms with van der Waals surface area (Å²) in [6, 6.07) is 18.5. The highest BCUT2D eigenvalue weighted by molar-refractivity contribution is 5.98.